The van der Waals surface area contributed by atoms with Crippen molar-refractivity contribution in [3.63, 3.8) is 0 Å². The van der Waals surface area contributed by atoms with Crippen molar-refractivity contribution in [2.24, 2.45) is 0 Å². The lowest BCUT2D eigenvalue weighted by atomic mass is 9.87. The predicted octanol–water partition coefficient (Wildman–Crippen LogP) is 4.28. The van der Waals surface area contributed by atoms with Crippen LogP contribution in [0.5, 0.6) is 0 Å². The molecule has 1 saturated heterocycles. The number of hydrogen-bond donors (Lipinski definition) is 0. The van der Waals surface area contributed by atoms with Crippen LogP contribution in [0, 0.1) is 0 Å². The van der Waals surface area contributed by atoms with Crippen LogP contribution in [-0.4, -0.2) is 28.6 Å². The van der Waals surface area contributed by atoms with Gasteiger partial charge in [0.2, 0.25) is 5.91 Å². The zero-order valence-electron chi connectivity index (χ0n) is 16.1. The van der Waals surface area contributed by atoms with Crippen molar-refractivity contribution in [2.45, 2.75) is 51.1 Å². The molecule has 0 N–H and O–H groups in total. The highest BCUT2D eigenvalue weighted by Gasteiger charge is 2.43. The smallest absolute Gasteiger partial charge is 0.330 e. The summed E-state index contributed by atoms with van der Waals surface area (Å²) in [5.74, 6) is 0.611. The molecule has 1 amide bonds. The van der Waals surface area contributed by atoms with Crippen LogP contribution < -0.4 is 0 Å². The quantitative estimate of drug-likeness (QED) is 0.733. The van der Waals surface area contributed by atoms with E-state index in [1.807, 2.05) is 18.2 Å². The van der Waals surface area contributed by atoms with Crippen LogP contribution in [0.25, 0.3) is 0 Å². The Hall–Kier alpha value is -2.21. The fourth-order valence-corrected chi connectivity index (χ4v) is 4.49. The summed E-state index contributed by atoms with van der Waals surface area (Å²) in [6, 6.07) is 11.1. The van der Waals surface area contributed by atoms with E-state index in [0.29, 0.717) is 11.5 Å². The van der Waals surface area contributed by atoms with E-state index in [2.05, 4.69) is 32.9 Å². The number of nitrogens with zero attached hydrogens (tertiary/aromatic N) is 1. The Morgan fingerprint density at radius 1 is 1.22 bits per heavy atom. The summed E-state index contributed by atoms with van der Waals surface area (Å²) >= 11 is 1.51. The molecule has 144 valence electrons. The Morgan fingerprint density at radius 3 is 2.48 bits per heavy atom. The molecular formula is C21H25NO4S. The maximum atomic E-state index is 12.6. The van der Waals surface area contributed by atoms with Gasteiger partial charge in [-0.2, -0.15) is 0 Å². The van der Waals surface area contributed by atoms with Crippen LogP contribution in [0.2, 0.25) is 0 Å². The molecule has 1 aromatic heterocycles. The third kappa shape index (κ3) is 4.38. The number of ether oxygens (including phenoxy) is 1. The molecule has 0 aliphatic carbocycles. The first kappa shape index (κ1) is 19.5. The molecule has 1 aromatic carbocycles. The van der Waals surface area contributed by atoms with E-state index in [1.54, 1.807) is 17.2 Å². The van der Waals surface area contributed by atoms with E-state index < -0.39 is 6.04 Å². The SMILES string of the molecule is CC(=O)N1C(C(=O)OCc2ccc(C(C)(C)C)cc2)CSC1c1ccco1. The van der Waals surface area contributed by atoms with Crippen molar-refractivity contribution >= 4 is 23.6 Å². The average Bonchev–Trinajstić information content (AvgIpc) is 3.28. The second-order valence-corrected chi connectivity index (χ2v) is 8.81. The Balaban J connectivity index is 1.64. The van der Waals surface area contributed by atoms with Gasteiger partial charge in [-0.15, -0.1) is 11.8 Å². The largest absolute Gasteiger partial charge is 0.466 e. The highest BCUT2D eigenvalue weighted by molar-refractivity contribution is 7.99. The fraction of sp³-hybridized carbons (Fsp3) is 0.429. The molecule has 1 aliphatic rings. The number of amides is 1. The van der Waals surface area contributed by atoms with Crippen molar-refractivity contribution in [3.8, 4) is 0 Å². The first-order valence-electron chi connectivity index (χ1n) is 8.97. The molecule has 27 heavy (non-hydrogen) atoms. The summed E-state index contributed by atoms with van der Waals surface area (Å²) in [5.41, 5.74) is 2.24. The molecule has 3 rings (SSSR count). The van der Waals surface area contributed by atoms with Gasteiger partial charge in [0.05, 0.1) is 6.26 Å². The van der Waals surface area contributed by atoms with Crippen molar-refractivity contribution < 1.29 is 18.7 Å². The summed E-state index contributed by atoms with van der Waals surface area (Å²) in [5, 5.41) is -0.291. The van der Waals surface area contributed by atoms with Crippen LogP contribution in [0.3, 0.4) is 0 Å². The number of thioether (sulfide) groups is 1. The summed E-state index contributed by atoms with van der Waals surface area (Å²) < 4.78 is 10.9. The fourth-order valence-electron chi connectivity index (χ4n) is 3.08. The van der Waals surface area contributed by atoms with Gasteiger partial charge >= 0.3 is 5.97 Å². The van der Waals surface area contributed by atoms with Gasteiger partial charge in [0.25, 0.3) is 0 Å². The Bertz CT molecular complexity index is 793. The lowest BCUT2D eigenvalue weighted by Gasteiger charge is -2.25. The Kier molecular flexibility index (Phi) is 5.65. The van der Waals surface area contributed by atoms with E-state index in [-0.39, 0.29) is 29.3 Å². The number of hydrogen-bond acceptors (Lipinski definition) is 5. The molecule has 6 heteroatoms. The third-order valence-corrected chi connectivity index (χ3v) is 5.91. The molecule has 0 radical (unpaired) electrons. The van der Waals surface area contributed by atoms with Gasteiger partial charge in [-0.3, -0.25) is 4.79 Å². The Labute approximate surface area is 164 Å². The second kappa shape index (κ2) is 7.80. The third-order valence-electron chi connectivity index (χ3n) is 4.62. The van der Waals surface area contributed by atoms with Gasteiger partial charge in [0.15, 0.2) is 0 Å². The standard InChI is InChI=1S/C21H25NO4S/c1-14(23)22-17(13-27-19(22)18-6-5-11-25-18)20(24)26-12-15-7-9-16(10-8-15)21(2,3)4/h5-11,17,19H,12-13H2,1-4H3. The first-order chi connectivity index (χ1) is 12.8. The summed E-state index contributed by atoms with van der Waals surface area (Å²) in [6.45, 7) is 8.14. The van der Waals surface area contributed by atoms with Gasteiger partial charge in [0, 0.05) is 12.7 Å². The first-order valence-corrected chi connectivity index (χ1v) is 10.0. The number of esters is 1. The van der Waals surface area contributed by atoms with Crippen LogP contribution in [0.1, 0.15) is 50.0 Å². The number of carbonyl (C=O) groups is 2. The summed E-state index contributed by atoms with van der Waals surface area (Å²) in [4.78, 5) is 26.3. The highest BCUT2D eigenvalue weighted by Crippen LogP contribution is 2.41. The lowest BCUT2D eigenvalue weighted by molar-refractivity contribution is -0.154. The number of carbonyl (C=O) groups excluding carboxylic acids is 2. The minimum absolute atomic E-state index is 0.0825. The van der Waals surface area contributed by atoms with Crippen LogP contribution in [0.4, 0.5) is 0 Å². The van der Waals surface area contributed by atoms with Gasteiger partial charge in [-0.05, 0) is 28.7 Å². The van der Waals surface area contributed by atoms with E-state index in [0.717, 1.165) is 5.56 Å². The van der Waals surface area contributed by atoms with Gasteiger partial charge in [-0.1, -0.05) is 45.0 Å². The molecule has 2 unspecified atom stereocenters. The highest BCUT2D eigenvalue weighted by atomic mass is 32.2. The van der Waals surface area contributed by atoms with Gasteiger partial charge in [-0.25, -0.2) is 4.79 Å². The maximum Gasteiger partial charge on any atom is 0.330 e. The molecule has 1 aliphatic heterocycles. The molecule has 0 spiro atoms. The molecule has 0 saturated carbocycles. The molecule has 0 bridgehead atoms. The molecule has 2 aromatic rings. The van der Waals surface area contributed by atoms with Crippen molar-refractivity contribution in [1.82, 2.24) is 4.90 Å². The molecule has 5 nitrogen and oxygen atoms in total. The van der Waals surface area contributed by atoms with E-state index in [9.17, 15) is 9.59 Å². The number of rotatable bonds is 4. The van der Waals surface area contributed by atoms with Crippen LogP contribution in [0.15, 0.2) is 47.1 Å². The summed E-state index contributed by atoms with van der Waals surface area (Å²) in [7, 11) is 0. The second-order valence-electron chi connectivity index (χ2n) is 7.70. The lowest BCUT2D eigenvalue weighted by Crippen LogP contribution is -2.42. The monoisotopic (exact) mass is 387 g/mol. The minimum Gasteiger partial charge on any atom is -0.466 e. The van der Waals surface area contributed by atoms with Crippen LogP contribution in [-0.2, 0) is 26.3 Å². The topological polar surface area (TPSA) is 59.8 Å². The Morgan fingerprint density at radius 2 is 1.93 bits per heavy atom. The average molecular weight is 388 g/mol. The zero-order chi connectivity index (χ0) is 19.6. The van der Waals surface area contributed by atoms with Gasteiger partial charge in [0.1, 0.15) is 23.8 Å². The van der Waals surface area contributed by atoms with Crippen molar-refractivity contribution in [2.75, 3.05) is 5.75 Å². The van der Waals surface area contributed by atoms with Gasteiger partial charge < -0.3 is 14.1 Å². The molecule has 2 atom stereocenters. The predicted molar refractivity (Wildman–Crippen MR) is 105 cm³/mol. The van der Waals surface area contributed by atoms with Crippen molar-refractivity contribution in [1.29, 1.82) is 0 Å². The molecule has 1 fully saturated rings. The normalized spacial score (nSPS) is 19.9. The zero-order valence-corrected chi connectivity index (χ0v) is 16.9. The summed E-state index contributed by atoms with van der Waals surface area (Å²) in [6.07, 6.45) is 1.57. The molecular weight excluding hydrogens is 362 g/mol. The molecule has 2 heterocycles. The maximum absolute atomic E-state index is 12.6. The number of benzene rings is 1. The minimum atomic E-state index is -0.601. The number of furan rings is 1. The van der Waals surface area contributed by atoms with E-state index in [4.69, 9.17) is 9.15 Å². The van der Waals surface area contributed by atoms with Crippen LogP contribution >= 0.6 is 11.8 Å². The van der Waals surface area contributed by atoms with E-state index in [1.165, 1.54) is 24.2 Å². The van der Waals surface area contributed by atoms with E-state index >= 15 is 0 Å². The van der Waals surface area contributed by atoms with Crippen molar-refractivity contribution in [3.05, 3.63) is 59.5 Å².